The van der Waals surface area contributed by atoms with Gasteiger partial charge in [-0.1, -0.05) is 121 Å². The first-order chi connectivity index (χ1) is 15.4. The number of allylic oxidation sites excluding steroid dienone is 9. The van der Waals surface area contributed by atoms with E-state index in [1.165, 1.54) is 36.0 Å². The minimum absolute atomic E-state index is 0. The van der Waals surface area contributed by atoms with Gasteiger partial charge in [0.15, 0.2) is 0 Å². The van der Waals surface area contributed by atoms with E-state index in [1.807, 2.05) is 0 Å². The largest absolute Gasteiger partial charge is 3.00 e. The van der Waals surface area contributed by atoms with Crippen molar-refractivity contribution in [2.75, 3.05) is 0 Å². The summed E-state index contributed by atoms with van der Waals surface area (Å²) in [5.41, 5.74) is 7.47. The van der Waals surface area contributed by atoms with Gasteiger partial charge in [-0.25, -0.2) is 0 Å². The van der Waals surface area contributed by atoms with E-state index in [-0.39, 0.29) is 56.4 Å². The average molecular weight is 564 g/mol. The summed E-state index contributed by atoms with van der Waals surface area (Å²) in [6, 6.07) is 22.2. The third-order valence-corrected chi connectivity index (χ3v) is 7.90. The molecule has 4 aliphatic carbocycles. The summed E-state index contributed by atoms with van der Waals surface area (Å²) in [4.78, 5) is 0. The Morgan fingerprint density at radius 1 is 0.824 bits per heavy atom. The van der Waals surface area contributed by atoms with Crippen molar-refractivity contribution in [1.29, 1.82) is 0 Å². The van der Waals surface area contributed by atoms with E-state index in [0.717, 1.165) is 6.42 Å². The summed E-state index contributed by atoms with van der Waals surface area (Å²) in [5.74, 6) is 1.81. The fourth-order valence-corrected chi connectivity index (χ4v) is 6.74. The summed E-state index contributed by atoms with van der Waals surface area (Å²) in [5, 5.41) is 0. The second-order valence-corrected chi connectivity index (χ2v) is 9.37. The van der Waals surface area contributed by atoms with Gasteiger partial charge in [0.25, 0.3) is 0 Å². The van der Waals surface area contributed by atoms with Gasteiger partial charge in [0.05, 0.1) is 0 Å². The van der Waals surface area contributed by atoms with E-state index in [9.17, 15) is 0 Å². The molecule has 1 radical (unpaired) electrons. The predicted molar refractivity (Wildman–Crippen MR) is 130 cm³/mol. The number of hydrogen-bond donors (Lipinski definition) is 0. The molecular formula is C31H29Cl2Zr. The van der Waals surface area contributed by atoms with Gasteiger partial charge in [-0.2, -0.15) is 0 Å². The van der Waals surface area contributed by atoms with Crippen molar-refractivity contribution in [3.05, 3.63) is 132 Å². The average Bonchev–Trinajstić information content (AvgIpc) is 3.48. The smallest absolute Gasteiger partial charge is 1.00 e. The quantitative estimate of drug-likeness (QED) is 0.500. The molecule has 0 aliphatic heterocycles. The normalized spacial score (nSPS) is 28.1. The number of halogens is 2. The predicted octanol–water partition coefficient (Wildman–Crippen LogP) is 1.74. The van der Waals surface area contributed by atoms with E-state index in [1.54, 1.807) is 11.1 Å². The van der Waals surface area contributed by atoms with E-state index >= 15 is 0 Å². The second-order valence-electron chi connectivity index (χ2n) is 9.37. The summed E-state index contributed by atoms with van der Waals surface area (Å²) < 4.78 is 0. The maximum Gasteiger partial charge on any atom is 3.00 e. The van der Waals surface area contributed by atoms with Crippen LogP contribution in [0.5, 0.6) is 0 Å². The van der Waals surface area contributed by atoms with Gasteiger partial charge in [0, 0.05) is 0 Å². The summed E-state index contributed by atoms with van der Waals surface area (Å²) >= 11 is 0. The van der Waals surface area contributed by atoms with Crippen LogP contribution in [0.2, 0.25) is 0 Å². The van der Waals surface area contributed by atoms with Crippen LogP contribution in [0.25, 0.3) is 5.57 Å². The first kappa shape index (κ1) is 27.2. The molecule has 0 spiro atoms. The molecule has 4 atom stereocenters. The van der Waals surface area contributed by atoms with Crippen molar-refractivity contribution in [2.24, 2.45) is 23.2 Å². The Bertz CT molecular complexity index is 1090. The van der Waals surface area contributed by atoms with Crippen molar-refractivity contribution < 1.29 is 51.0 Å². The van der Waals surface area contributed by atoms with Crippen LogP contribution >= 0.6 is 0 Å². The van der Waals surface area contributed by atoms with Crippen LogP contribution < -0.4 is 24.8 Å². The van der Waals surface area contributed by atoms with Crippen molar-refractivity contribution in [3.63, 3.8) is 0 Å². The van der Waals surface area contributed by atoms with Gasteiger partial charge in [0.2, 0.25) is 0 Å². The van der Waals surface area contributed by atoms with Crippen LogP contribution in [0.1, 0.15) is 36.8 Å². The first-order valence-corrected chi connectivity index (χ1v) is 11.8. The van der Waals surface area contributed by atoms with Crippen molar-refractivity contribution in [2.45, 2.75) is 25.7 Å². The molecule has 0 heterocycles. The van der Waals surface area contributed by atoms with Crippen molar-refractivity contribution in [3.8, 4) is 0 Å². The van der Waals surface area contributed by atoms with Crippen LogP contribution in [0.3, 0.4) is 0 Å². The monoisotopic (exact) mass is 561 g/mol. The summed E-state index contributed by atoms with van der Waals surface area (Å²) in [6.07, 6.45) is 24.1. The van der Waals surface area contributed by atoms with Crippen molar-refractivity contribution >= 4 is 5.57 Å². The third-order valence-electron chi connectivity index (χ3n) is 7.90. The number of fused-ring (bicyclic) bond motifs is 3. The van der Waals surface area contributed by atoms with Gasteiger partial charge in [-0.15, -0.1) is 17.4 Å². The topological polar surface area (TPSA) is 0 Å². The van der Waals surface area contributed by atoms with Gasteiger partial charge >= 0.3 is 26.2 Å². The molecule has 4 aliphatic rings. The molecule has 0 N–H and O–H groups in total. The maximum absolute atomic E-state index is 2.74. The fraction of sp³-hybridized carbons (Fsp3) is 0.258. The SMILES string of the molecule is C1=CCC(C23[CH-]C4C=CC=CC4C2CCCC3=C(c2ccccc2)c2ccccc2)=C1.[Cl-].[Cl-].[Zr+3]. The molecule has 4 unspecified atom stereocenters. The third kappa shape index (κ3) is 4.45. The van der Waals surface area contributed by atoms with Crippen LogP contribution in [0, 0.1) is 29.6 Å². The molecule has 0 amide bonds. The molecule has 2 fully saturated rings. The zero-order chi connectivity index (χ0) is 20.7. The van der Waals surface area contributed by atoms with Crippen LogP contribution in [0.4, 0.5) is 0 Å². The van der Waals surface area contributed by atoms with Gasteiger partial charge < -0.3 is 31.2 Å². The van der Waals surface area contributed by atoms with E-state index in [2.05, 4.69) is 110 Å². The standard InChI is InChI=1S/C31H29.2ClH.Zr/c1-3-12-23(13-4-1)30(24-14-5-2-6-15-24)29-21-11-20-28-27-19-10-7-16-25(27)22-31(28,29)26-17-8-9-18-26;;;/h1-10,12-17,19,22,25,27-28H,11,18,20-21H2;2*1H;/q-1;;;+3/p-2. The molecule has 0 saturated heterocycles. The second kappa shape index (κ2) is 11.6. The Balaban J connectivity index is 0.00000108. The zero-order valence-electron chi connectivity index (χ0n) is 19.2. The fourth-order valence-electron chi connectivity index (χ4n) is 6.74. The summed E-state index contributed by atoms with van der Waals surface area (Å²) in [7, 11) is 0. The first-order valence-electron chi connectivity index (χ1n) is 11.8. The Morgan fingerprint density at radius 3 is 2.09 bits per heavy atom. The molecule has 0 nitrogen and oxygen atoms in total. The Labute approximate surface area is 236 Å². The molecule has 34 heavy (non-hydrogen) atoms. The molecular weight excluding hydrogens is 534 g/mol. The van der Waals surface area contributed by atoms with E-state index in [0.29, 0.717) is 17.8 Å². The van der Waals surface area contributed by atoms with Crippen LogP contribution in [-0.2, 0) is 26.2 Å². The Morgan fingerprint density at radius 2 is 1.47 bits per heavy atom. The number of hydrogen-bond acceptors (Lipinski definition) is 0. The maximum atomic E-state index is 2.74. The minimum Gasteiger partial charge on any atom is -1.00 e. The molecule has 2 saturated carbocycles. The molecule has 2 aromatic carbocycles. The van der Waals surface area contributed by atoms with E-state index < -0.39 is 0 Å². The molecule has 6 rings (SSSR count). The number of benzene rings is 2. The van der Waals surface area contributed by atoms with Gasteiger partial charge in [-0.3, -0.25) is 0 Å². The summed E-state index contributed by atoms with van der Waals surface area (Å²) in [6.45, 7) is 0. The molecule has 171 valence electrons. The van der Waals surface area contributed by atoms with Gasteiger partial charge in [-0.05, 0) is 41.9 Å². The Kier molecular flexibility index (Phi) is 9.25. The molecule has 2 aromatic rings. The van der Waals surface area contributed by atoms with Crippen LogP contribution in [-0.4, -0.2) is 0 Å². The van der Waals surface area contributed by atoms with Crippen LogP contribution in [0.15, 0.2) is 114 Å². The number of rotatable bonds is 3. The molecule has 3 heteroatoms. The zero-order valence-corrected chi connectivity index (χ0v) is 23.2. The van der Waals surface area contributed by atoms with Gasteiger partial charge in [0.1, 0.15) is 0 Å². The van der Waals surface area contributed by atoms with E-state index in [4.69, 9.17) is 0 Å². The molecule has 0 bridgehead atoms. The minimum atomic E-state index is 0. The molecule has 0 aromatic heterocycles. The van der Waals surface area contributed by atoms with Crippen molar-refractivity contribution in [1.82, 2.24) is 0 Å². The Hall–Kier alpha value is -1.40.